The first-order chi connectivity index (χ1) is 10.2. The number of carbonyl (C=O) groups excluding carboxylic acids is 1. The molecule has 1 aromatic rings. The van der Waals surface area contributed by atoms with Crippen molar-refractivity contribution in [2.75, 3.05) is 19.0 Å². The summed E-state index contributed by atoms with van der Waals surface area (Å²) in [7, 11) is 0. The maximum Gasteiger partial charge on any atom is 0.259 e. The summed E-state index contributed by atoms with van der Waals surface area (Å²) >= 11 is 6.38. The van der Waals surface area contributed by atoms with Gasteiger partial charge in [-0.3, -0.25) is 4.79 Å². The zero-order valence-electron chi connectivity index (χ0n) is 11.9. The smallest absolute Gasteiger partial charge is 0.259 e. The molecule has 0 aromatic heterocycles. The Kier molecular flexibility index (Phi) is 5.58. The maximum atomic E-state index is 11.6. The molecular weight excluding hydrogens is 308 g/mol. The van der Waals surface area contributed by atoms with Crippen LogP contribution in [0.5, 0.6) is 11.5 Å². The van der Waals surface area contributed by atoms with Crippen LogP contribution in [0.3, 0.4) is 0 Å². The van der Waals surface area contributed by atoms with E-state index in [0.717, 1.165) is 5.56 Å². The van der Waals surface area contributed by atoms with E-state index in [1.807, 2.05) is 32.0 Å². The Hall–Kier alpha value is -1.60. The second-order valence-corrected chi connectivity index (χ2v) is 5.69. The van der Waals surface area contributed by atoms with Crippen molar-refractivity contribution in [2.45, 2.75) is 13.8 Å². The topological polar surface area (TPSA) is 51.1 Å². The number of thioether (sulfide) groups is 1. The van der Waals surface area contributed by atoms with Gasteiger partial charge in [0.2, 0.25) is 0 Å². The highest BCUT2D eigenvalue weighted by Crippen LogP contribution is 2.28. The molecule has 0 radical (unpaired) electrons. The third-order valence-corrected chi connectivity index (χ3v) is 3.96. The standard InChI is InChI=1S/C14H16N2O3S2/c1-3-18-11-6-5-10(7-12(11)19-4-2)8-15-16-13(17)9-21-14(16)20/h5-8H,3-4,9H2,1-2H3/b15-8+. The lowest BCUT2D eigenvalue weighted by Crippen LogP contribution is -2.22. The van der Waals surface area contributed by atoms with Crippen molar-refractivity contribution in [3.05, 3.63) is 23.8 Å². The summed E-state index contributed by atoms with van der Waals surface area (Å²) in [6.07, 6.45) is 1.59. The van der Waals surface area contributed by atoms with Crippen molar-refractivity contribution in [3.63, 3.8) is 0 Å². The van der Waals surface area contributed by atoms with Crippen LogP contribution in [0.4, 0.5) is 0 Å². The fourth-order valence-electron chi connectivity index (χ4n) is 1.73. The number of nitrogens with zero attached hydrogens (tertiary/aromatic N) is 2. The lowest BCUT2D eigenvalue weighted by Gasteiger charge is -2.11. The first-order valence-corrected chi connectivity index (χ1v) is 7.98. The summed E-state index contributed by atoms with van der Waals surface area (Å²) in [5.41, 5.74) is 0.814. The second kappa shape index (κ2) is 7.42. The van der Waals surface area contributed by atoms with Crippen molar-refractivity contribution in [1.29, 1.82) is 0 Å². The van der Waals surface area contributed by atoms with Crippen LogP contribution < -0.4 is 9.47 Å². The highest BCUT2D eigenvalue weighted by molar-refractivity contribution is 8.23. The van der Waals surface area contributed by atoms with Gasteiger partial charge in [0.1, 0.15) is 0 Å². The van der Waals surface area contributed by atoms with Gasteiger partial charge in [0.15, 0.2) is 15.8 Å². The summed E-state index contributed by atoms with van der Waals surface area (Å²) in [4.78, 5) is 11.6. The molecule has 0 N–H and O–H groups in total. The molecule has 5 nitrogen and oxygen atoms in total. The van der Waals surface area contributed by atoms with Crippen molar-refractivity contribution in [2.24, 2.45) is 5.10 Å². The average molecular weight is 324 g/mol. The molecular formula is C14H16N2O3S2. The van der Waals surface area contributed by atoms with Gasteiger partial charge in [-0.05, 0) is 37.6 Å². The van der Waals surface area contributed by atoms with Gasteiger partial charge in [-0.15, -0.1) is 0 Å². The van der Waals surface area contributed by atoms with Crippen LogP contribution in [0.25, 0.3) is 0 Å². The molecule has 0 spiro atoms. The van der Waals surface area contributed by atoms with Crippen LogP contribution in [-0.2, 0) is 4.79 Å². The van der Waals surface area contributed by atoms with Crippen molar-refractivity contribution >= 4 is 40.4 Å². The Morgan fingerprint density at radius 1 is 1.33 bits per heavy atom. The summed E-state index contributed by atoms with van der Waals surface area (Å²) in [5.74, 6) is 1.61. The molecule has 7 heteroatoms. The van der Waals surface area contributed by atoms with Gasteiger partial charge in [0.25, 0.3) is 5.91 Å². The van der Waals surface area contributed by atoms with Crippen LogP contribution in [0.15, 0.2) is 23.3 Å². The van der Waals surface area contributed by atoms with E-state index in [4.69, 9.17) is 21.7 Å². The Morgan fingerprint density at radius 2 is 2.05 bits per heavy atom. The molecule has 0 aliphatic carbocycles. The minimum Gasteiger partial charge on any atom is -0.490 e. The van der Waals surface area contributed by atoms with Gasteiger partial charge in [-0.2, -0.15) is 10.1 Å². The van der Waals surface area contributed by atoms with Crippen LogP contribution in [0, 0.1) is 0 Å². The minimum atomic E-state index is -0.0998. The molecule has 0 atom stereocenters. The predicted molar refractivity (Wildman–Crippen MR) is 88.3 cm³/mol. The third kappa shape index (κ3) is 3.95. The maximum absolute atomic E-state index is 11.6. The highest BCUT2D eigenvalue weighted by atomic mass is 32.2. The third-order valence-electron chi connectivity index (χ3n) is 2.62. The Labute approximate surface area is 133 Å². The average Bonchev–Trinajstić information content (AvgIpc) is 2.79. The molecule has 1 amide bonds. The fourth-order valence-corrected chi connectivity index (χ4v) is 2.70. The van der Waals surface area contributed by atoms with E-state index in [1.54, 1.807) is 6.21 Å². The summed E-state index contributed by atoms with van der Waals surface area (Å²) in [6.45, 7) is 4.95. The number of hydrazone groups is 1. The quantitative estimate of drug-likeness (QED) is 0.595. The molecule has 112 valence electrons. The number of hydrogen-bond acceptors (Lipinski definition) is 6. The van der Waals surface area contributed by atoms with Crippen molar-refractivity contribution in [3.8, 4) is 11.5 Å². The fraction of sp³-hybridized carbons (Fsp3) is 0.357. The Morgan fingerprint density at radius 3 is 2.67 bits per heavy atom. The second-order valence-electron chi connectivity index (χ2n) is 4.08. The molecule has 0 unspecified atom stereocenters. The SMILES string of the molecule is CCOc1ccc(/C=N/N2C(=O)CSC2=S)cc1OCC. The monoisotopic (exact) mass is 324 g/mol. The van der Waals surface area contributed by atoms with Crippen molar-refractivity contribution < 1.29 is 14.3 Å². The lowest BCUT2D eigenvalue weighted by molar-refractivity contribution is -0.123. The van der Waals surface area contributed by atoms with Gasteiger partial charge in [-0.25, -0.2) is 0 Å². The number of rotatable bonds is 6. The molecule has 1 saturated heterocycles. The van der Waals surface area contributed by atoms with Crippen molar-refractivity contribution in [1.82, 2.24) is 5.01 Å². The number of ether oxygens (including phenoxy) is 2. The largest absolute Gasteiger partial charge is 0.490 e. The van der Waals surface area contributed by atoms with E-state index >= 15 is 0 Å². The molecule has 2 rings (SSSR count). The molecule has 1 fully saturated rings. The number of amides is 1. The van der Waals surface area contributed by atoms with Gasteiger partial charge >= 0.3 is 0 Å². The predicted octanol–water partition coefficient (Wildman–Crippen LogP) is 2.68. The van der Waals surface area contributed by atoms with Gasteiger partial charge < -0.3 is 9.47 Å². The molecule has 0 bridgehead atoms. The summed E-state index contributed by atoms with van der Waals surface area (Å²) in [5, 5.41) is 5.38. The van der Waals surface area contributed by atoms with Gasteiger partial charge in [-0.1, -0.05) is 24.0 Å². The first kappa shape index (κ1) is 15.8. The van der Waals surface area contributed by atoms with Crippen LogP contribution in [0.1, 0.15) is 19.4 Å². The normalized spacial score (nSPS) is 15.0. The zero-order valence-corrected chi connectivity index (χ0v) is 13.5. The van der Waals surface area contributed by atoms with Gasteiger partial charge in [0.05, 0.1) is 25.2 Å². The van der Waals surface area contributed by atoms with E-state index in [1.165, 1.54) is 16.8 Å². The van der Waals surface area contributed by atoms with Crippen LogP contribution >= 0.6 is 24.0 Å². The number of carbonyl (C=O) groups is 1. The number of benzene rings is 1. The molecule has 1 aliphatic heterocycles. The van der Waals surface area contributed by atoms with E-state index in [2.05, 4.69) is 5.10 Å². The zero-order chi connectivity index (χ0) is 15.2. The molecule has 1 aliphatic rings. The molecule has 1 aromatic carbocycles. The minimum absolute atomic E-state index is 0.0998. The van der Waals surface area contributed by atoms with E-state index in [0.29, 0.717) is 34.8 Å². The molecule has 1 heterocycles. The van der Waals surface area contributed by atoms with Crippen LogP contribution in [-0.4, -0.2) is 40.4 Å². The van der Waals surface area contributed by atoms with Crippen LogP contribution in [0.2, 0.25) is 0 Å². The van der Waals surface area contributed by atoms with E-state index < -0.39 is 0 Å². The summed E-state index contributed by atoms with van der Waals surface area (Å²) in [6, 6.07) is 5.51. The van der Waals surface area contributed by atoms with Gasteiger partial charge in [0, 0.05) is 0 Å². The van der Waals surface area contributed by atoms with E-state index in [9.17, 15) is 4.79 Å². The summed E-state index contributed by atoms with van der Waals surface area (Å²) < 4.78 is 11.5. The molecule has 0 saturated carbocycles. The highest BCUT2D eigenvalue weighted by Gasteiger charge is 2.25. The number of thiocarbonyl (C=S) groups is 1. The lowest BCUT2D eigenvalue weighted by atomic mass is 10.2. The Bertz CT molecular complexity index is 559. The number of hydrogen-bond donors (Lipinski definition) is 0. The Balaban J connectivity index is 2.18. The molecule has 21 heavy (non-hydrogen) atoms. The first-order valence-electron chi connectivity index (χ1n) is 6.59. The van der Waals surface area contributed by atoms with E-state index in [-0.39, 0.29) is 5.91 Å².